The van der Waals surface area contributed by atoms with E-state index < -0.39 is 22.2 Å². The third kappa shape index (κ3) is 18.4. The molecule has 5 aromatic carbocycles. The predicted octanol–water partition coefficient (Wildman–Crippen LogP) is 19.7. The van der Waals surface area contributed by atoms with E-state index in [2.05, 4.69) is 218 Å². The zero-order valence-corrected chi connectivity index (χ0v) is 72.8. The van der Waals surface area contributed by atoms with Gasteiger partial charge in [-0.25, -0.2) is 4.79 Å². The number of likely N-dealkylation sites (N-methyl/N-ethyl adjacent to an activating group) is 4. The summed E-state index contributed by atoms with van der Waals surface area (Å²) in [5, 5.41) is 5.43. The number of carbonyl (C=O) groups excluding carboxylic acids is 2. The van der Waals surface area contributed by atoms with Crippen molar-refractivity contribution in [3.63, 3.8) is 0 Å². The zero-order valence-electron chi connectivity index (χ0n) is 72.8. The minimum Gasteiger partial charge on any atom is -0.486 e. The number of fused-ring (bicyclic) bond motifs is 12. The van der Waals surface area contributed by atoms with Crippen molar-refractivity contribution >= 4 is 55.6 Å². The molecule has 5 aliphatic rings. The number of benzene rings is 5. The van der Waals surface area contributed by atoms with Crippen LogP contribution in [0.25, 0.3) is 43.6 Å². The number of pyridine rings is 4. The molecule has 0 N–H and O–H groups in total. The molecule has 4 atom stereocenters. The van der Waals surface area contributed by atoms with Gasteiger partial charge in [0.15, 0.2) is 11.2 Å². The highest BCUT2D eigenvalue weighted by Crippen LogP contribution is 2.44. The SMILES string of the molecule is C=C(C)OC(C)(Cn1c2c(c3cc(C)ccc31)CN(C)CC2)c1cccnc1.Cc1ccc2c(c1)c1c(n2CC(C)(OC(=O)C(C)(C)C)c2cccnc2)CCN(C)C1.Cc1ccc2c(c1)c1c(n2CC(C)(OC(=O)c2ccccc2)c2cccnc2)CCN(C)C1.Cc1ccc2c(c1)c1c(n2CC(CC2CC2)c2ccncc2)CCN(C)C1. The first kappa shape index (κ1) is 83.2. The van der Waals surface area contributed by atoms with E-state index in [1.807, 2.05) is 115 Å². The second-order valence-electron chi connectivity index (χ2n) is 36.4. The molecule has 0 bridgehead atoms. The lowest BCUT2D eigenvalue weighted by atomic mass is 9.93. The Morgan fingerprint density at radius 3 is 1.13 bits per heavy atom. The van der Waals surface area contributed by atoms with Crippen LogP contribution in [0.1, 0.15) is 174 Å². The van der Waals surface area contributed by atoms with Crippen molar-refractivity contribution in [2.24, 2.45) is 11.3 Å². The van der Waals surface area contributed by atoms with Gasteiger partial charge < -0.3 is 52.1 Å². The molecule has 1 fully saturated rings. The standard InChI is InChI=1S/C28H29N3O2.C26H33N3O2.C24H29N3O.C24H29N3/c1-20-11-12-25-23(16-20)24-18-30(3)15-13-26(24)31(25)19-28(2,22-10-7-14-29-17-22)33-27(32)21-8-5-4-6-9-21;1-18-9-10-22-20(14-18)21-16-28(6)13-11-23(21)29(22)17-26(5,19-8-7-12-27-15-19)31-24(30)25(2,3)4;1-17(2)28-24(4,19-7-6-11-25-14-19)16-27-22-9-8-18(3)13-20(22)21-15-26(5)12-10-23(21)27;1-17-3-6-23-21(13-17)22-16-26(2)12-9-24(22)27(23)15-20(14-18-4-5-18)19-7-10-25-11-8-19/h4-12,14,16-17H,13,15,18-19H2,1-3H3;7-10,12,14-15H,11,13,16-17H2,1-6H3;6-9,11,13-14H,1,10,12,15-16H2,2-5H3;3,6-8,10-11,13,18,20H,4-5,9,12,14-16H2,1-2H3. The second kappa shape index (κ2) is 34.9. The topological polar surface area (TPSA) is 146 Å². The number of nitrogens with zero attached hydrogens (tertiary/aromatic N) is 12. The van der Waals surface area contributed by atoms with Crippen LogP contribution in [0.15, 0.2) is 214 Å². The van der Waals surface area contributed by atoms with E-state index in [0.717, 1.165) is 114 Å². The lowest BCUT2D eigenvalue weighted by molar-refractivity contribution is -0.170. The monoisotopic (exact) mass is 1590 g/mol. The summed E-state index contributed by atoms with van der Waals surface area (Å²) in [5.41, 5.74) is 23.8. The lowest BCUT2D eigenvalue weighted by Gasteiger charge is -2.34. The van der Waals surface area contributed by atoms with Crippen LogP contribution in [0, 0.1) is 39.0 Å². The fraction of sp³-hybridized carbons (Fsp3) is 0.392. The van der Waals surface area contributed by atoms with Gasteiger partial charge >= 0.3 is 11.9 Å². The summed E-state index contributed by atoms with van der Waals surface area (Å²) in [5.74, 6) is 1.69. The molecule has 0 spiro atoms. The average Bonchev–Trinajstić information content (AvgIpc) is 1.59. The zero-order chi connectivity index (χ0) is 83.7. The van der Waals surface area contributed by atoms with Crippen LogP contribution in [0.3, 0.4) is 0 Å². The van der Waals surface area contributed by atoms with Crippen LogP contribution < -0.4 is 0 Å². The number of ether oxygens (including phenoxy) is 3. The van der Waals surface area contributed by atoms with Crippen molar-refractivity contribution < 1.29 is 23.8 Å². The molecule has 0 radical (unpaired) electrons. The second-order valence-corrected chi connectivity index (χ2v) is 36.4. The molecule has 1 saturated carbocycles. The Labute approximate surface area is 703 Å². The molecular weight excluding hydrogens is 1470 g/mol. The molecule has 119 heavy (non-hydrogen) atoms. The summed E-state index contributed by atoms with van der Waals surface area (Å²) >= 11 is 0. The van der Waals surface area contributed by atoms with Gasteiger partial charge in [-0.3, -0.25) is 24.7 Å². The van der Waals surface area contributed by atoms with Gasteiger partial charge in [0.05, 0.1) is 36.4 Å². The van der Waals surface area contributed by atoms with Gasteiger partial charge in [0.25, 0.3) is 0 Å². The van der Waals surface area contributed by atoms with E-state index in [-0.39, 0.29) is 11.9 Å². The first-order valence-corrected chi connectivity index (χ1v) is 42.7. The van der Waals surface area contributed by atoms with Crippen LogP contribution in [0.2, 0.25) is 0 Å². The number of hydrogen-bond donors (Lipinski definition) is 0. The van der Waals surface area contributed by atoms with E-state index in [1.165, 1.54) is 124 Å². The Hall–Kier alpha value is -10.8. The molecular formula is C102H120N12O5. The van der Waals surface area contributed by atoms with Crippen molar-refractivity contribution in [3.8, 4) is 0 Å². The van der Waals surface area contributed by atoms with E-state index in [9.17, 15) is 9.59 Å². The molecule has 17 nitrogen and oxygen atoms in total. The summed E-state index contributed by atoms with van der Waals surface area (Å²) in [6.07, 6.45) is 23.0. The molecule has 4 unspecified atom stereocenters. The third-order valence-corrected chi connectivity index (χ3v) is 25.2. The number of allylic oxidation sites excluding steroid dienone is 1. The van der Waals surface area contributed by atoms with Gasteiger partial charge in [0.1, 0.15) is 5.60 Å². The Morgan fingerprint density at radius 2 is 0.782 bits per heavy atom. The van der Waals surface area contributed by atoms with Crippen molar-refractivity contribution in [1.29, 1.82) is 0 Å². The molecule has 13 aromatic rings. The fourth-order valence-electron chi connectivity index (χ4n) is 18.5. The van der Waals surface area contributed by atoms with Gasteiger partial charge in [-0.2, -0.15) is 0 Å². The molecule has 1 aliphatic carbocycles. The number of aryl methyl sites for hydroxylation is 4. The quantitative estimate of drug-likeness (QED) is 0.0559. The minimum absolute atomic E-state index is 0.209. The van der Waals surface area contributed by atoms with E-state index in [0.29, 0.717) is 30.3 Å². The number of carbonyl (C=O) groups is 2. The van der Waals surface area contributed by atoms with Crippen LogP contribution in [-0.2, 0) is 114 Å². The molecule has 12 heterocycles. The Bertz CT molecular complexity index is 5800. The fourth-order valence-corrected chi connectivity index (χ4v) is 18.5. The molecule has 4 aliphatic heterocycles. The predicted molar refractivity (Wildman–Crippen MR) is 479 cm³/mol. The van der Waals surface area contributed by atoms with Crippen molar-refractivity contribution in [1.82, 2.24) is 57.8 Å². The summed E-state index contributed by atoms with van der Waals surface area (Å²) < 4.78 is 28.7. The largest absolute Gasteiger partial charge is 0.486 e. The van der Waals surface area contributed by atoms with E-state index >= 15 is 0 Å². The molecule has 17 heteroatoms. The van der Waals surface area contributed by atoms with Gasteiger partial charge in [-0.05, 0) is 236 Å². The van der Waals surface area contributed by atoms with Gasteiger partial charge in [0.2, 0.25) is 0 Å². The maximum atomic E-state index is 13.1. The minimum atomic E-state index is -0.880. The molecule has 18 rings (SSSR count). The van der Waals surface area contributed by atoms with Crippen molar-refractivity contribution in [2.45, 2.75) is 196 Å². The molecule has 0 saturated heterocycles. The van der Waals surface area contributed by atoms with Gasteiger partial charge in [-0.15, -0.1) is 0 Å². The van der Waals surface area contributed by atoms with Gasteiger partial charge in [0, 0.05) is 223 Å². The summed E-state index contributed by atoms with van der Waals surface area (Å²) in [4.78, 5) is 52.9. The van der Waals surface area contributed by atoms with Crippen LogP contribution in [0.4, 0.5) is 0 Å². The maximum absolute atomic E-state index is 13.1. The molecule has 0 amide bonds. The first-order valence-electron chi connectivity index (χ1n) is 42.7. The van der Waals surface area contributed by atoms with Crippen molar-refractivity contribution in [2.75, 3.05) is 54.4 Å². The maximum Gasteiger partial charge on any atom is 0.339 e. The van der Waals surface area contributed by atoms with Gasteiger partial charge in [-0.1, -0.05) is 102 Å². The number of hydrogen-bond acceptors (Lipinski definition) is 13. The Balaban J connectivity index is 0.000000124. The Morgan fingerprint density at radius 1 is 0.429 bits per heavy atom. The summed E-state index contributed by atoms with van der Waals surface area (Å²) in [6, 6.07) is 52.6. The smallest absolute Gasteiger partial charge is 0.339 e. The highest BCUT2D eigenvalue weighted by molar-refractivity contribution is 5.91. The Kier molecular flexibility index (Phi) is 24.4. The van der Waals surface area contributed by atoms with Crippen LogP contribution in [0.5, 0.6) is 0 Å². The van der Waals surface area contributed by atoms with Crippen LogP contribution >= 0.6 is 0 Å². The molecule has 618 valence electrons. The number of esters is 2. The lowest BCUT2D eigenvalue weighted by Crippen LogP contribution is -2.39. The van der Waals surface area contributed by atoms with E-state index in [1.54, 1.807) is 48.2 Å². The molecule has 8 aromatic heterocycles. The highest BCUT2D eigenvalue weighted by Gasteiger charge is 2.41. The number of aromatic nitrogens is 8. The van der Waals surface area contributed by atoms with Crippen LogP contribution in [-0.4, -0.2) is 124 Å². The number of rotatable bonds is 19. The highest BCUT2D eigenvalue weighted by atomic mass is 16.6. The summed E-state index contributed by atoms with van der Waals surface area (Å²) in [6.45, 7) is 37.5. The first-order chi connectivity index (χ1) is 57.1. The van der Waals surface area contributed by atoms with Crippen molar-refractivity contribution in [3.05, 3.63) is 309 Å². The summed E-state index contributed by atoms with van der Waals surface area (Å²) in [7, 11) is 8.79. The van der Waals surface area contributed by atoms with E-state index in [4.69, 9.17) is 14.2 Å². The normalized spacial score (nSPS) is 16.8. The average molecular weight is 1590 g/mol. The third-order valence-electron chi connectivity index (χ3n) is 25.2.